The number of benzene rings is 1. The first-order valence-electron chi connectivity index (χ1n) is 5.13. The molecule has 0 fully saturated rings. The van der Waals surface area contributed by atoms with E-state index in [1.807, 2.05) is 0 Å². The fraction of sp³-hybridized carbons (Fsp3) is 0.200. The maximum absolute atomic E-state index is 10.5. The van der Waals surface area contributed by atoms with Gasteiger partial charge in [0.1, 0.15) is 0 Å². The molecule has 0 saturated heterocycles. The molecular formula is C10H11N5O3. The standard InChI is InChI=1S/C10H11N5O3/c1-6-13-10(18-14-6)5-12-9-3-2-7(15(16)17)4-8(9)11/h2-4,12H,5,11H2,1H3. The second-order valence-corrected chi connectivity index (χ2v) is 3.62. The van der Waals surface area contributed by atoms with Crippen molar-refractivity contribution >= 4 is 17.1 Å². The Bertz CT molecular complexity index is 581. The van der Waals surface area contributed by atoms with Crippen molar-refractivity contribution in [2.45, 2.75) is 13.5 Å². The van der Waals surface area contributed by atoms with Crippen molar-refractivity contribution in [1.82, 2.24) is 10.1 Å². The summed E-state index contributed by atoms with van der Waals surface area (Å²) >= 11 is 0. The molecule has 0 aliphatic carbocycles. The van der Waals surface area contributed by atoms with E-state index in [1.165, 1.54) is 18.2 Å². The van der Waals surface area contributed by atoms with Crippen LogP contribution in [0.3, 0.4) is 0 Å². The quantitative estimate of drug-likeness (QED) is 0.478. The van der Waals surface area contributed by atoms with Crippen LogP contribution in [-0.2, 0) is 6.54 Å². The molecule has 0 atom stereocenters. The topological polar surface area (TPSA) is 120 Å². The molecule has 2 rings (SSSR count). The Morgan fingerprint density at radius 1 is 1.56 bits per heavy atom. The summed E-state index contributed by atoms with van der Waals surface area (Å²) in [5.74, 6) is 0.966. The Labute approximate surface area is 102 Å². The summed E-state index contributed by atoms with van der Waals surface area (Å²) in [6.07, 6.45) is 0. The van der Waals surface area contributed by atoms with Gasteiger partial charge in [-0.15, -0.1) is 0 Å². The molecule has 94 valence electrons. The second-order valence-electron chi connectivity index (χ2n) is 3.62. The SMILES string of the molecule is Cc1noc(CNc2ccc([N+](=O)[O-])cc2N)n1. The number of nitrogens with two attached hydrogens (primary N) is 1. The molecular weight excluding hydrogens is 238 g/mol. The van der Waals surface area contributed by atoms with Crippen molar-refractivity contribution in [2.24, 2.45) is 0 Å². The zero-order chi connectivity index (χ0) is 13.1. The highest BCUT2D eigenvalue weighted by Crippen LogP contribution is 2.24. The van der Waals surface area contributed by atoms with E-state index >= 15 is 0 Å². The third kappa shape index (κ3) is 2.54. The lowest BCUT2D eigenvalue weighted by Crippen LogP contribution is -2.03. The summed E-state index contributed by atoms with van der Waals surface area (Å²) in [5.41, 5.74) is 6.52. The normalized spacial score (nSPS) is 10.3. The van der Waals surface area contributed by atoms with Crippen LogP contribution in [-0.4, -0.2) is 15.1 Å². The predicted octanol–water partition coefficient (Wildman–Crippen LogP) is 1.48. The Hall–Kier alpha value is -2.64. The van der Waals surface area contributed by atoms with Gasteiger partial charge in [-0.3, -0.25) is 10.1 Å². The minimum absolute atomic E-state index is 0.0494. The number of anilines is 2. The van der Waals surface area contributed by atoms with Crippen molar-refractivity contribution in [2.75, 3.05) is 11.1 Å². The van der Waals surface area contributed by atoms with Crippen LogP contribution >= 0.6 is 0 Å². The first-order valence-corrected chi connectivity index (χ1v) is 5.13. The van der Waals surface area contributed by atoms with Gasteiger partial charge in [-0.2, -0.15) is 4.98 Å². The van der Waals surface area contributed by atoms with Gasteiger partial charge in [0.2, 0.25) is 5.89 Å². The van der Waals surface area contributed by atoms with Gasteiger partial charge >= 0.3 is 0 Å². The third-order valence-electron chi connectivity index (χ3n) is 2.25. The number of nitrogens with zero attached hydrogens (tertiary/aromatic N) is 3. The number of nitro benzene ring substituents is 1. The first kappa shape index (κ1) is 11.8. The van der Waals surface area contributed by atoms with Crippen molar-refractivity contribution in [3.63, 3.8) is 0 Å². The number of nitrogens with one attached hydrogen (secondary N) is 1. The van der Waals surface area contributed by atoms with Gasteiger partial charge < -0.3 is 15.6 Å². The lowest BCUT2D eigenvalue weighted by atomic mass is 10.2. The molecule has 0 spiro atoms. The minimum Gasteiger partial charge on any atom is -0.397 e. The highest BCUT2D eigenvalue weighted by atomic mass is 16.6. The molecule has 8 heteroatoms. The summed E-state index contributed by atoms with van der Waals surface area (Å²) < 4.78 is 4.92. The summed E-state index contributed by atoms with van der Waals surface area (Å²) in [7, 11) is 0. The molecule has 1 aromatic carbocycles. The van der Waals surface area contributed by atoms with E-state index in [1.54, 1.807) is 6.92 Å². The van der Waals surface area contributed by atoms with Crippen LogP contribution in [0.1, 0.15) is 11.7 Å². The van der Waals surface area contributed by atoms with Crippen LogP contribution in [0.15, 0.2) is 22.7 Å². The van der Waals surface area contributed by atoms with Gasteiger partial charge in [0.25, 0.3) is 5.69 Å². The van der Waals surface area contributed by atoms with Gasteiger partial charge in [0.05, 0.1) is 22.8 Å². The average Bonchev–Trinajstić information content (AvgIpc) is 2.73. The van der Waals surface area contributed by atoms with Gasteiger partial charge in [-0.25, -0.2) is 0 Å². The molecule has 0 saturated carbocycles. The first-order chi connectivity index (χ1) is 8.56. The Kier molecular flexibility index (Phi) is 3.09. The molecule has 2 aromatic rings. The van der Waals surface area contributed by atoms with Gasteiger partial charge in [-0.05, 0) is 13.0 Å². The predicted molar refractivity (Wildman–Crippen MR) is 63.9 cm³/mol. The Morgan fingerprint density at radius 3 is 2.89 bits per heavy atom. The van der Waals surface area contributed by atoms with Crippen LogP contribution in [0, 0.1) is 17.0 Å². The molecule has 3 N–H and O–H groups in total. The molecule has 0 amide bonds. The van der Waals surface area contributed by atoms with E-state index in [9.17, 15) is 10.1 Å². The van der Waals surface area contributed by atoms with E-state index in [2.05, 4.69) is 15.5 Å². The molecule has 0 bridgehead atoms. The molecule has 0 aliphatic rings. The van der Waals surface area contributed by atoms with Gasteiger partial charge in [-0.1, -0.05) is 5.16 Å². The fourth-order valence-electron chi connectivity index (χ4n) is 1.41. The maximum atomic E-state index is 10.5. The molecule has 18 heavy (non-hydrogen) atoms. The summed E-state index contributed by atoms with van der Waals surface area (Å²) in [5, 5.41) is 17.1. The van der Waals surface area contributed by atoms with Gasteiger partial charge in [0.15, 0.2) is 5.82 Å². The average molecular weight is 249 g/mol. The summed E-state index contributed by atoms with van der Waals surface area (Å²) in [4.78, 5) is 14.1. The number of hydrogen-bond donors (Lipinski definition) is 2. The fourth-order valence-corrected chi connectivity index (χ4v) is 1.41. The summed E-state index contributed by atoms with van der Waals surface area (Å²) in [6.45, 7) is 2.02. The molecule has 8 nitrogen and oxygen atoms in total. The van der Waals surface area contributed by atoms with Gasteiger partial charge in [0, 0.05) is 12.1 Å². The van der Waals surface area contributed by atoms with Crippen molar-refractivity contribution in [3.8, 4) is 0 Å². The third-order valence-corrected chi connectivity index (χ3v) is 2.25. The number of rotatable bonds is 4. The molecule has 1 aromatic heterocycles. The number of nitrogen functional groups attached to an aromatic ring is 1. The van der Waals surface area contributed by atoms with Crippen molar-refractivity contribution in [3.05, 3.63) is 40.0 Å². The van der Waals surface area contributed by atoms with Crippen LogP contribution in [0.5, 0.6) is 0 Å². The molecule has 0 unspecified atom stereocenters. The number of aryl methyl sites for hydroxylation is 1. The molecule has 1 heterocycles. The van der Waals surface area contributed by atoms with Crippen LogP contribution in [0.4, 0.5) is 17.1 Å². The number of non-ortho nitro benzene ring substituents is 1. The Morgan fingerprint density at radius 2 is 2.33 bits per heavy atom. The van der Waals surface area contributed by atoms with Crippen LogP contribution < -0.4 is 11.1 Å². The van der Waals surface area contributed by atoms with Crippen molar-refractivity contribution in [1.29, 1.82) is 0 Å². The van der Waals surface area contributed by atoms with E-state index in [4.69, 9.17) is 10.3 Å². The molecule has 0 aliphatic heterocycles. The van der Waals surface area contributed by atoms with E-state index in [0.29, 0.717) is 29.6 Å². The smallest absolute Gasteiger partial charge is 0.271 e. The lowest BCUT2D eigenvalue weighted by Gasteiger charge is -2.06. The minimum atomic E-state index is -0.499. The highest BCUT2D eigenvalue weighted by molar-refractivity contribution is 5.69. The summed E-state index contributed by atoms with van der Waals surface area (Å²) in [6, 6.07) is 4.20. The van der Waals surface area contributed by atoms with Crippen LogP contribution in [0.2, 0.25) is 0 Å². The lowest BCUT2D eigenvalue weighted by molar-refractivity contribution is -0.384. The van der Waals surface area contributed by atoms with Crippen molar-refractivity contribution < 1.29 is 9.45 Å². The monoisotopic (exact) mass is 249 g/mol. The van der Waals surface area contributed by atoms with E-state index < -0.39 is 4.92 Å². The molecule has 0 radical (unpaired) electrons. The second kappa shape index (κ2) is 4.70. The van der Waals surface area contributed by atoms with E-state index in [-0.39, 0.29) is 5.69 Å². The van der Waals surface area contributed by atoms with E-state index in [0.717, 1.165) is 0 Å². The Balaban J connectivity index is 2.08. The zero-order valence-corrected chi connectivity index (χ0v) is 9.58. The number of nitro groups is 1. The zero-order valence-electron chi connectivity index (χ0n) is 9.58. The number of hydrogen-bond acceptors (Lipinski definition) is 7. The number of aromatic nitrogens is 2. The largest absolute Gasteiger partial charge is 0.397 e. The van der Waals surface area contributed by atoms with Crippen LogP contribution in [0.25, 0.3) is 0 Å². The highest BCUT2D eigenvalue weighted by Gasteiger charge is 2.09. The maximum Gasteiger partial charge on any atom is 0.271 e.